The van der Waals surface area contributed by atoms with Crippen molar-refractivity contribution in [3.63, 3.8) is 0 Å². The molecule has 0 saturated heterocycles. The molecule has 1 unspecified atom stereocenters. The van der Waals surface area contributed by atoms with E-state index in [1.165, 1.54) is 0 Å². The second-order valence-electron chi connectivity index (χ2n) is 7.28. The Hall–Kier alpha value is -3.94. The van der Waals surface area contributed by atoms with E-state index < -0.39 is 0 Å². The summed E-state index contributed by atoms with van der Waals surface area (Å²) in [6.45, 7) is 2.85. The van der Waals surface area contributed by atoms with Crippen LogP contribution >= 0.6 is 0 Å². The zero-order valence-electron chi connectivity index (χ0n) is 17.2. The molecule has 8 heteroatoms. The highest BCUT2D eigenvalue weighted by atomic mass is 16.1. The van der Waals surface area contributed by atoms with Crippen LogP contribution in [0.4, 0.5) is 0 Å². The molecule has 1 atom stereocenters. The van der Waals surface area contributed by atoms with Crippen LogP contribution < -0.4 is 16.1 Å². The fourth-order valence-corrected chi connectivity index (χ4v) is 3.48. The number of allylic oxidation sites excluding steroid dienone is 2. The van der Waals surface area contributed by atoms with Crippen LogP contribution in [0.1, 0.15) is 21.7 Å². The second-order valence-corrected chi connectivity index (χ2v) is 7.28. The summed E-state index contributed by atoms with van der Waals surface area (Å²) in [5.41, 5.74) is 3.70. The van der Waals surface area contributed by atoms with E-state index >= 15 is 0 Å². The third-order valence-corrected chi connectivity index (χ3v) is 4.97. The van der Waals surface area contributed by atoms with Gasteiger partial charge in [-0.1, -0.05) is 18.2 Å². The molecule has 3 heterocycles. The van der Waals surface area contributed by atoms with Crippen LogP contribution in [0.15, 0.2) is 65.9 Å². The smallest absolute Gasteiger partial charge is 0.255 e. The van der Waals surface area contributed by atoms with Crippen molar-refractivity contribution in [1.29, 1.82) is 0 Å². The number of nitrogens with zero attached hydrogens (tertiary/aromatic N) is 3. The lowest BCUT2D eigenvalue weighted by Crippen LogP contribution is -2.35. The average molecular weight is 416 g/mol. The van der Waals surface area contributed by atoms with Gasteiger partial charge in [-0.3, -0.25) is 9.79 Å². The van der Waals surface area contributed by atoms with E-state index in [9.17, 15) is 9.59 Å². The highest BCUT2D eigenvalue weighted by molar-refractivity contribution is 5.93. The third-order valence-electron chi connectivity index (χ3n) is 4.97. The first-order chi connectivity index (χ1) is 15.1. The van der Waals surface area contributed by atoms with Gasteiger partial charge in [-0.2, -0.15) is 0 Å². The summed E-state index contributed by atoms with van der Waals surface area (Å²) in [6, 6.07) is 9.36. The number of fused-ring (bicyclic) bond motifs is 1. The lowest BCUT2D eigenvalue weighted by Gasteiger charge is -2.14. The first-order valence-corrected chi connectivity index (χ1v) is 10.1. The van der Waals surface area contributed by atoms with Crippen molar-refractivity contribution in [3.05, 3.63) is 83.4 Å². The minimum absolute atomic E-state index is 0.0374. The highest BCUT2D eigenvalue weighted by Gasteiger charge is 2.12. The predicted molar refractivity (Wildman–Crippen MR) is 118 cm³/mol. The molecule has 0 radical (unpaired) electrons. The number of hydrogen-bond acceptors (Lipinski definition) is 5. The molecule has 8 nitrogen and oxygen atoms in total. The molecule has 0 aliphatic carbocycles. The SMILES string of the molecule is Cc1nc2ccc(CNC(=O)c3cccn(CC=O)c3=NCC3C=CC=CN3)cc2[nH]1. The molecular weight excluding hydrogens is 392 g/mol. The average Bonchev–Trinajstić information content (AvgIpc) is 3.16. The minimum Gasteiger partial charge on any atom is -0.383 e. The van der Waals surface area contributed by atoms with Gasteiger partial charge in [-0.25, -0.2) is 4.98 Å². The standard InChI is InChI=1S/C23H24N6O2/c1-16-27-20-8-7-17(13-21(20)28-16)14-26-23(31)19-6-4-10-29(11-12-30)22(19)25-15-18-5-2-3-9-24-18/h2-10,12-13,18,24H,11,14-15H2,1H3,(H,26,31)(H,27,28). The van der Waals surface area contributed by atoms with Crippen LogP contribution in [0.25, 0.3) is 11.0 Å². The number of amides is 1. The summed E-state index contributed by atoms with van der Waals surface area (Å²) >= 11 is 0. The Bertz CT molecular complexity index is 1230. The summed E-state index contributed by atoms with van der Waals surface area (Å²) in [5, 5.41) is 6.16. The molecule has 1 aliphatic rings. The summed E-state index contributed by atoms with van der Waals surface area (Å²) in [7, 11) is 0. The number of aromatic nitrogens is 3. The number of imidazole rings is 1. The van der Waals surface area contributed by atoms with Gasteiger partial charge in [0.2, 0.25) is 0 Å². The molecule has 31 heavy (non-hydrogen) atoms. The maximum atomic E-state index is 13.0. The van der Waals surface area contributed by atoms with E-state index in [0.29, 0.717) is 24.1 Å². The number of nitrogens with one attached hydrogen (secondary N) is 3. The normalized spacial score (nSPS) is 15.8. The molecule has 3 aromatic rings. The van der Waals surface area contributed by atoms with Crippen LogP contribution in [0.2, 0.25) is 0 Å². The molecule has 0 saturated carbocycles. The Balaban J connectivity index is 1.55. The van der Waals surface area contributed by atoms with Crippen molar-refractivity contribution in [2.24, 2.45) is 4.99 Å². The number of aromatic amines is 1. The maximum absolute atomic E-state index is 13.0. The lowest BCUT2D eigenvalue weighted by atomic mass is 10.2. The van der Waals surface area contributed by atoms with Crippen molar-refractivity contribution in [3.8, 4) is 0 Å². The predicted octanol–water partition coefficient (Wildman–Crippen LogP) is 1.74. The first kappa shape index (κ1) is 20.3. The maximum Gasteiger partial charge on any atom is 0.255 e. The number of aryl methyl sites for hydroxylation is 1. The number of hydrogen-bond donors (Lipinski definition) is 3. The zero-order chi connectivity index (χ0) is 21.6. The molecule has 158 valence electrons. The van der Waals surface area contributed by atoms with Gasteiger partial charge in [0.15, 0.2) is 0 Å². The monoisotopic (exact) mass is 416 g/mol. The number of dihydropyridines is 1. The molecule has 0 bridgehead atoms. The number of carbonyl (C=O) groups excluding carboxylic acids is 2. The van der Waals surface area contributed by atoms with Gasteiger partial charge < -0.3 is 25.0 Å². The second kappa shape index (κ2) is 9.25. The topological polar surface area (TPSA) is 104 Å². The Kier molecular flexibility index (Phi) is 6.07. The largest absolute Gasteiger partial charge is 0.383 e. The van der Waals surface area contributed by atoms with Gasteiger partial charge in [0.1, 0.15) is 17.6 Å². The van der Waals surface area contributed by atoms with Crippen LogP contribution in [0.3, 0.4) is 0 Å². The lowest BCUT2D eigenvalue weighted by molar-refractivity contribution is -0.108. The van der Waals surface area contributed by atoms with E-state index in [1.807, 2.05) is 49.6 Å². The van der Waals surface area contributed by atoms with Gasteiger partial charge in [-0.15, -0.1) is 0 Å². The molecule has 3 N–H and O–H groups in total. The van der Waals surface area contributed by atoms with Crippen molar-refractivity contribution in [2.45, 2.75) is 26.1 Å². The van der Waals surface area contributed by atoms with E-state index in [2.05, 4.69) is 25.6 Å². The highest BCUT2D eigenvalue weighted by Crippen LogP contribution is 2.13. The summed E-state index contributed by atoms with van der Waals surface area (Å²) in [6.07, 6.45) is 10.3. The minimum atomic E-state index is -0.244. The van der Waals surface area contributed by atoms with E-state index in [-0.39, 0.29) is 18.5 Å². The Morgan fingerprint density at radius 1 is 1.32 bits per heavy atom. The van der Waals surface area contributed by atoms with Gasteiger partial charge in [0, 0.05) is 12.7 Å². The Labute approximate surface area is 179 Å². The quantitative estimate of drug-likeness (QED) is 0.511. The Morgan fingerprint density at radius 3 is 3.03 bits per heavy atom. The van der Waals surface area contributed by atoms with E-state index in [1.54, 1.807) is 22.9 Å². The van der Waals surface area contributed by atoms with Crippen molar-refractivity contribution in [1.82, 2.24) is 25.2 Å². The van der Waals surface area contributed by atoms with Gasteiger partial charge in [0.25, 0.3) is 5.91 Å². The molecule has 4 rings (SSSR count). The van der Waals surface area contributed by atoms with Crippen molar-refractivity contribution in [2.75, 3.05) is 6.54 Å². The molecule has 1 aromatic carbocycles. The number of aldehydes is 1. The van der Waals surface area contributed by atoms with Crippen LogP contribution in [-0.4, -0.2) is 39.3 Å². The zero-order valence-corrected chi connectivity index (χ0v) is 17.2. The number of H-pyrrole nitrogens is 1. The molecule has 0 spiro atoms. The number of benzene rings is 1. The number of rotatable bonds is 7. The van der Waals surface area contributed by atoms with Gasteiger partial charge >= 0.3 is 0 Å². The first-order valence-electron chi connectivity index (χ1n) is 10.1. The van der Waals surface area contributed by atoms with Crippen LogP contribution in [-0.2, 0) is 17.9 Å². The molecule has 1 aliphatic heterocycles. The number of carbonyl (C=O) groups is 2. The molecule has 0 fully saturated rings. The molecular formula is C23H24N6O2. The fourth-order valence-electron chi connectivity index (χ4n) is 3.48. The van der Waals surface area contributed by atoms with Crippen LogP contribution in [0.5, 0.6) is 0 Å². The Morgan fingerprint density at radius 2 is 2.23 bits per heavy atom. The van der Waals surface area contributed by atoms with E-state index in [4.69, 9.17) is 0 Å². The van der Waals surface area contributed by atoms with Gasteiger partial charge in [0.05, 0.1) is 35.7 Å². The fraction of sp³-hybridized carbons (Fsp3) is 0.217. The van der Waals surface area contributed by atoms with E-state index in [0.717, 1.165) is 28.7 Å². The third kappa shape index (κ3) is 4.80. The summed E-state index contributed by atoms with van der Waals surface area (Å²) in [4.78, 5) is 36.4. The van der Waals surface area contributed by atoms with Crippen molar-refractivity contribution >= 4 is 23.2 Å². The number of pyridine rings is 1. The van der Waals surface area contributed by atoms with Crippen LogP contribution in [0, 0.1) is 6.92 Å². The summed E-state index contributed by atoms with van der Waals surface area (Å²) in [5.74, 6) is 0.608. The summed E-state index contributed by atoms with van der Waals surface area (Å²) < 4.78 is 1.68. The van der Waals surface area contributed by atoms with Crippen molar-refractivity contribution < 1.29 is 9.59 Å². The molecule has 1 amide bonds. The van der Waals surface area contributed by atoms with Gasteiger partial charge in [-0.05, 0) is 49.0 Å². The molecule has 2 aromatic heterocycles.